The summed E-state index contributed by atoms with van der Waals surface area (Å²) in [5.41, 5.74) is 1.62. The molecule has 1 aromatic heterocycles. The molecule has 3 N–H and O–H groups in total. The minimum Gasteiger partial charge on any atom is -0.495 e. The number of nitrogens with one attached hydrogen (secondary N) is 3. The number of carbonyl (C=O) groups is 1. The highest BCUT2D eigenvalue weighted by Crippen LogP contribution is 2.33. The number of carbonyl (C=O) groups excluding carboxylic acids is 1. The van der Waals surface area contributed by atoms with E-state index in [1.54, 1.807) is 43.3 Å². The smallest absolute Gasteiger partial charge is 0.265 e. The van der Waals surface area contributed by atoms with Crippen LogP contribution in [0.5, 0.6) is 11.5 Å². The number of hydrogen-bond donors (Lipinski definition) is 3. The van der Waals surface area contributed by atoms with Gasteiger partial charge in [0.1, 0.15) is 11.5 Å². The summed E-state index contributed by atoms with van der Waals surface area (Å²) in [4.78, 5) is 19.9. The van der Waals surface area contributed by atoms with E-state index in [9.17, 15) is 9.18 Å². The van der Waals surface area contributed by atoms with E-state index in [1.807, 2.05) is 0 Å². The standard InChI is InChI=1S/C20H17ClFN5O3/c1-10-19(28)26-15-8-12(4-6-17(15)30-10)24-18-14(22)9-23-20(27-18)25-11-3-5-16(29-2)13(21)7-11/h3-10H,1-2H3,(H,26,28)(H2,23,24,25,27)/t10-/m0/s1. The van der Waals surface area contributed by atoms with Crippen LogP contribution in [0.1, 0.15) is 6.92 Å². The Kier molecular flexibility index (Phi) is 5.28. The third-order valence-electron chi connectivity index (χ3n) is 4.33. The van der Waals surface area contributed by atoms with Gasteiger partial charge in [0.2, 0.25) is 5.95 Å². The predicted molar refractivity (Wildman–Crippen MR) is 112 cm³/mol. The number of methoxy groups -OCH3 is 1. The average molecular weight is 430 g/mol. The molecule has 0 saturated carbocycles. The molecule has 154 valence electrons. The second-order valence-corrected chi connectivity index (χ2v) is 6.86. The molecule has 2 aromatic carbocycles. The molecule has 0 bridgehead atoms. The maximum Gasteiger partial charge on any atom is 0.265 e. The summed E-state index contributed by atoms with van der Waals surface area (Å²) in [5.74, 6) is 0.307. The SMILES string of the molecule is COc1ccc(Nc2ncc(F)c(Nc3ccc4c(c3)NC(=O)[C@H](C)O4)n2)cc1Cl. The van der Waals surface area contributed by atoms with Crippen LogP contribution in [0, 0.1) is 5.82 Å². The van der Waals surface area contributed by atoms with Crippen molar-refractivity contribution in [2.45, 2.75) is 13.0 Å². The predicted octanol–water partition coefficient (Wildman–Crippen LogP) is 4.48. The van der Waals surface area contributed by atoms with Crippen LogP contribution in [-0.2, 0) is 4.79 Å². The van der Waals surface area contributed by atoms with E-state index >= 15 is 0 Å². The third-order valence-corrected chi connectivity index (χ3v) is 4.62. The van der Waals surface area contributed by atoms with E-state index in [0.29, 0.717) is 33.6 Å². The van der Waals surface area contributed by atoms with E-state index in [-0.39, 0.29) is 17.7 Å². The zero-order valence-electron chi connectivity index (χ0n) is 16.0. The van der Waals surface area contributed by atoms with Crippen molar-refractivity contribution >= 4 is 46.3 Å². The number of rotatable bonds is 5. The fourth-order valence-electron chi connectivity index (χ4n) is 2.81. The molecule has 3 aromatic rings. The first-order valence-corrected chi connectivity index (χ1v) is 9.32. The number of fused-ring (bicyclic) bond motifs is 1. The van der Waals surface area contributed by atoms with E-state index in [1.165, 1.54) is 7.11 Å². The first-order chi connectivity index (χ1) is 14.4. The lowest BCUT2D eigenvalue weighted by Gasteiger charge is -2.23. The molecule has 4 rings (SSSR count). The molecule has 1 aliphatic rings. The Hall–Kier alpha value is -3.59. The Morgan fingerprint density at radius 2 is 1.97 bits per heavy atom. The van der Waals surface area contributed by atoms with Gasteiger partial charge >= 0.3 is 0 Å². The highest BCUT2D eigenvalue weighted by atomic mass is 35.5. The van der Waals surface area contributed by atoms with E-state index in [0.717, 1.165) is 6.20 Å². The Labute approximate surface area is 176 Å². The van der Waals surface area contributed by atoms with Crippen LogP contribution in [0.3, 0.4) is 0 Å². The van der Waals surface area contributed by atoms with Crippen LogP contribution in [0.2, 0.25) is 5.02 Å². The molecule has 1 amide bonds. The topological polar surface area (TPSA) is 97.4 Å². The van der Waals surface area contributed by atoms with Crippen molar-refractivity contribution in [1.29, 1.82) is 0 Å². The Balaban J connectivity index is 1.55. The monoisotopic (exact) mass is 429 g/mol. The number of hydrogen-bond acceptors (Lipinski definition) is 7. The second-order valence-electron chi connectivity index (χ2n) is 6.45. The normalized spacial score (nSPS) is 14.9. The van der Waals surface area contributed by atoms with Crippen molar-refractivity contribution in [3.63, 3.8) is 0 Å². The number of amides is 1. The minimum absolute atomic E-state index is 0.0384. The average Bonchev–Trinajstić information content (AvgIpc) is 2.72. The van der Waals surface area contributed by atoms with Gasteiger partial charge in [-0.15, -0.1) is 0 Å². The number of halogens is 2. The molecule has 0 saturated heterocycles. The first-order valence-electron chi connectivity index (χ1n) is 8.94. The third kappa shape index (κ3) is 4.06. The summed E-state index contributed by atoms with van der Waals surface area (Å²) in [5, 5.41) is 9.01. The Morgan fingerprint density at radius 3 is 2.73 bits per heavy atom. The molecule has 0 unspecified atom stereocenters. The van der Waals surface area contributed by atoms with Gasteiger partial charge in [-0.2, -0.15) is 4.98 Å². The van der Waals surface area contributed by atoms with Crippen LogP contribution in [0.25, 0.3) is 0 Å². The van der Waals surface area contributed by atoms with Gasteiger partial charge in [-0.3, -0.25) is 4.79 Å². The molecule has 0 fully saturated rings. The van der Waals surface area contributed by atoms with Gasteiger partial charge in [0.25, 0.3) is 5.91 Å². The zero-order valence-corrected chi connectivity index (χ0v) is 16.7. The minimum atomic E-state index is -0.639. The molecule has 0 radical (unpaired) electrons. The van der Waals surface area contributed by atoms with Gasteiger partial charge in [-0.1, -0.05) is 11.6 Å². The summed E-state index contributed by atoms with van der Waals surface area (Å²) in [7, 11) is 1.52. The van der Waals surface area contributed by atoms with Crippen LogP contribution in [-0.4, -0.2) is 29.1 Å². The Bertz CT molecular complexity index is 1130. The molecule has 2 heterocycles. The molecule has 1 aliphatic heterocycles. The molecule has 8 nitrogen and oxygen atoms in total. The molecule has 0 aliphatic carbocycles. The largest absolute Gasteiger partial charge is 0.495 e. The quantitative estimate of drug-likeness (QED) is 0.550. The van der Waals surface area contributed by atoms with Crippen LogP contribution in [0.15, 0.2) is 42.6 Å². The van der Waals surface area contributed by atoms with Crippen molar-refractivity contribution in [1.82, 2.24) is 9.97 Å². The fraction of sp³-hybridized carbons (Fsp3) is 0.150. The van der Waals surface area contributed by atoms with Crippen molar-refractivity contribution in [2.75, 3.05) is 23.1 Å². The van der Waals surface area contributed by atoms with Gasteiger partial charge in [-0.05, 0) is 43.3 Å². The molecular formula is C20H17ClFN5O3. The lowest BCUT2D eigenvalue weighted by molar-refractivity contribution is -0.122. The second kappa shape index (κ2) is 8.03. The highest BCUT2D eigenvalue weighted by Gasteiger charge is 2.23. The van der Waals surface area contributed by atoms with E-state index < -0.39 is 11.9 Å². The number of benzene rings is 2. The molecular weight excluding hydrogens is 413 g/mol. The molecule has 30 heavy (non-hydrogen) atoms. The lowest BCUT2D eigenvalue weighted by Crippen LogP contribution is -2.34. The summed E-state index contributed by atoms with van der Waals surface area (Å²) in [6.45, 7) is 1.66. The van der Waals surface area contributed by atoms with Crippen molar-refractivity contribution < 1.29 is 18.7 Å². The summed E-state index contributed by atoms with van der Waals surface area (Å²) in [6.07, 6.45) is 0.476. The van der Waals surface area contributed by atoms with Gasteiger partial charge < -0.3 is 25.4 Å². The Morgan fingerprint density at radius 1 is 1.20 bits per heavy atom. The molecule has 0 spiro atoms. The van der Waals surface area contributed by atoms with Gasteiger partial charge in [-0.25, -0.2) is 9.37 Å². The van der Waals surface area contributed by atoms with Crippen LogP contribution in [0.4, 0.5) is 33.2 Å². The molecule has 10 heteroatoms. The highest BCUT2D eigenvalue weighted by molar-refractivity contribution is 6.32. The van der Waals surface area contributed by atoms with Crippen molar-refractivity contribution in [3.05, 3.63) is 53.4 Å². The van der Waals surface area contributed by atoms with Crippen molar-refractivity contribution in [2.24, 2.45) is 0 Å². The lowest BCUT2D eigenvalue weighted by atomic mass is 10.2. The van der Waals surface area contributed by atoms with Crippen LogP contribution >= 0.6 is 11.6 Å². The van der Waals surface area contributed by atoms with Gasteiger partial charge in [0.15, 0.2) is 17.7 Å². The fourth-order valence-corrected chi connectivity index (χ4v) is 3.07. The van der Waals surface area contributed by atoms with Gasteiger partial charge in [0, 0.05) is 11.4 Å². The first kappa shape index (κ1) is 19.7. The zero-order chi connectivity index (χ0) is 21.3. The van der Waals surface area contributed by atoms with Crippen molar-refractivity contribution in [3.8, 4) is 11.5 Å². The van der Waals surface area contributed by atoms with E-state index in [2.05, 4.69) is 25.9 Å². The van der Waals surface area contributed by atoms with Crippen LogP contribution < -0.4 is 25.4 Å². The number of ether oxygens (including phenoxy) is 2. The van der Waals surface area contributed by atoms with E-state index in [4.69, 9.17) is 21.1 Å². The number of aromatic nitrogens is 2. The maximum atomic E-state index is 14.3. The number of nitrogens with zero attached hydrogens (tertiary/aromatic N) is 2. The number of anilines is 5. The summed E-state index contributed by atoms with van der Waals surface area (Å²) >= 11 is 6.12. The summed E-state index contributed by atoms with van der Waals surface area (Å²) < 4.78 is 24.9. The summed E-state index contributed by atoms with van der Waals surface area (Å²) in [6, 6.07) is 10.1. The molecule has 1 atom stereocenters. The van der Waals surface area contributed by atoms with Gasteiger partial charge in [0.05, 0.1) is 24.0 Å². The maximum absolute atomic E-state index is 14.3.